The van der Waals surface area contributed by atoms with Crippen molar-refractivity contribution < 1.29 is 13.2 Å². The van der Waals surface area contributed by atoms with Crippen molar-refractivity contribution in [2.45, 2.75) is 11.3 Å². The van der Waals surface area contributed by atoms with Crippen molar-refractivity contribution in [3.63, 3.8) is 0 Å². The molecule has 23 heavy (non-hydrogen) atoms. The Morgan fingerprint density at radius 1 is 1.09 bits per heavy atom. The highest BCUT2D eigenvalue weighted by molar-refractivity contribution is 7.89. The fraction of sp³-hybridized carbons (Fsp3) is 0.600. The minimum Gasteiger partial charge on any atom is -0.397 e. The van der Waals surface area contributed by atoms with Gasteiger partial charge in [0.15, 0.2) is 0 Å². The fourth-order valence-electron chi connectivity index (χ4n) is 3.00. The summed E-state index contributed by atoms with van der Waals surface area (Å²) in [7, 11) is -3.50. The first kappa shape index (κ1) is 16.5. The molecule has 2 aliphatic rings. The van der Waals surface area contributed by atoms with E-state index in [1.54, 1.807) is 12.1 Å². The van der Waals surface area contributed by atoms with E-state index < -0.39 is 10.0 Å². The summed E-state index contributed by atoms with van der Waals surface area (Å²) in [4.78, 5) is 2.47. The molecule has 0 spiro atoms. The molecule has 2 fully saturated rings. The molecule has 0 aliphatic carbocycles. The molecule has 0 atom stereocenters. The van der Waals surface area contributed by atoms with Gasteiger partial charge in [0.1, 0.15) is 0 Å². The number of ether oxygens (including phenoxy) is 1. The van der Waals surface area contributed by atoms with Crippen molar-refractivity contribution in [2.75, 3.05) is 63.1 Å². The average Bonchev–Trinajstić information content (AvgIpc) is 2.85. The molecular weight excluding hydrogens is 316 g/mol. The van der Waals surface area contributed by atoms with Crippen LogP contribution >= 0.6 is 0 Å². The molecule has 3 N–H and O–H groups in total. The number of anilines is 2. The third-order valence-corrected chi connectivity index (χ3v) is 6.18. The summed E-state index contributed by atoms with van der Waals surface area (Å²) in [5.41, 5.74) is 7.59. The van der Waals surface area contributed by atoms with E-state index in [0.717, 1.165) is 38.3 Å². The Morgan fingerprint density at radius 3 is 2.61 bits per heavy atom. The Hall–Kier alpha value is -1.35. The highest BCUT2D eigenvalue weighted by atomic mass is 32.2. The van der Waals surface area contributed by atoms with Gasteiger partial charge in [-0.1, -0.05) is 0 Å². The van der Waals surface area contributed by atoms with Gasteiger partial charge in [-0.3, -0.25) is 0 Å². The molecular formula is C15H24N4O3S. The number of nitrogens with zero attached hydrogens (tertiary/aromatic N) is 2. The van der Waals surface area contributed by atoms with Crippen LogP contribution in [0.15, 0.2) is 23.1 Å². The summed E-state index contributed by atoms with van der Waals surface area (Å²) < 4.78 is 32.0. The van der Waals surface area contributed by atoms with E-state index in [1.165, 1.54) is 4.31 Å². The Bertz CT molecular complexity index is 636. The van der Waals surface area contributed by atoms with E-state index >= 15 is 0 Å². The van der Waals surface area contributed by atoms with Crippen molar-refractivity contribution in [3.8, 4) is 0 Å². The average molecular weight is 340 g/mol. The molecule has 0 bridgehead atoms. The summed E-state index contributed by atoms with van der Waals surface area (Å²) >= 11 is 0. The van der Waals surface area contributed by atoms with Gasteiger partial charge in [0.2, 0.25) is 10.0 Å². The summed E-state index contributed by atoms with van der Waals surface area (Å²) in [5, 5.41) is 3.35. The van der Waals surface area contributed by atoms with Crippen molar-refractivity contribution in [1.82, 2.24) is 9.62 Å². The Balaban J connectivity index is 1.83. The molecule has 1 aromatic carbocycles. The van der Waals surface area contributed by atoms with Crippen molar-refractivity contribution in [2.24, 2.45) is 0 Å². The number of morpholine rings is 1. The van der Waals surface area contributed by atoms with Gasteiger partial charge in [0.05, 0.1) is 29.5 Å². The first-order chi connectivity index (χ1) is 11.1. The molecule has 2 saturated heterocycles. The largest absolute Gasteiger partial charge is 0.397 e. The van der Waals surface area contributed by atoms with E-state index in [2.05, 4.69) is 10.2 Å². The van der Waals surface area contributed by atoms with E-state index in [4.69, 9.17) is 10.5 Å². The van der Waals surface area contributed by atoms with Gasteiger partial charge in [0, 0.05) is 32.7 Å². The Morgan fingerprint density at radius 2 is 1.87 bits per heavy atom. The Labute approximate surface area is 137 Å². The first-order valence-electron chi connectivity index (χ1n) is 8.02. The van der Waals surface area contributed by atoms with Crippen molar-refractivity contribution >= 4 is 21.4 Å². The first-order valence-corrected chi connectivity index (χ1v) is 9.46. The van der Waals surface area contributed by atoms with Gasteiger partial charge < -0.3 is 20.7 Å². The second-order valence-corrected chi connectivity index (χ2v) is 7.77. The van der Waals surface area contributed by atoms with Crippen LogP contribution in [0.5, 0.6) is 0 Å². The molecule has 0 radical (unpaired) electrons. The van der Waals surface area contributed by atoms with E-state index in [-0.39, 0.29) is 4.90 Å². The molecule has 7 nitrogen and oxygen atoms in total. The second kappa shape index (κ2) is 7.04. The zero-order valence-electron chi connectivity index (χ0n) is 13.2. The number of nitrogens with two attached hydrogens (primary N) is 1. The van der Waals surface area contributed by atoms with E-state index in [0.29, 0.717) is 32.0 Å². The van der Waals surface area contributed by atoms with Crippen LogP contribution in [0.1, 0.15) is 6.42 Å². The van der Waals surface area contributed by atoms with Gasteiger partial charge in [-0.05, 0) is 31.2 Å². The molecule has 0 unspecified atom stereocenters. The molecule has 128 valence electrons. The lowest BCUT2D eigenvalue weighted by molar-refractivity contribution is 0.0730. The third kappa shape index (κ3) is 3.60. The molecule has 3 rings (SSSR count). The van der Waals surface area contributed by atoms with Gasteiger partial charge >= 0.3 is 0 Å². The Kier molecular flexibility index (Phi) is 5.05. The lowest BCUT2D eigenvalue weighted by atomic mass is 10.2. The predicted molar refractivity (Wildman–Crippen MR) is 90.1 cm³/mol. The highest BCUT2D eigenvalue weighted by Gasteiger charge is 2.27. The molecule has 0 saturated carbocycles. The number of rotatable bonds is 3. The number of benzene rings is 1. The predicted octanol–water partition coefficient (Wildman–Crippen LogP) is 0.0894. The van der Waals surface area contributed by atoms with Crippen LogP contribution in [0, 0.1) is 0 Å². The summed E-state index contributed by atoms with van der Waals surface area (Å²) in [6.07, 6.45) is 1.05. The smallest absolute Gasteiger partial charge is 0.243 e. The van der Waals surface area contributed by atoms with Crippen LogP contribution in [0.3, 0.4) is 0 Å². The van der Waals surface area contributed by atoms with Crippen LogP contribution < -0.4 is 16.0 Å². The van der Waals surface area contributed by atoms with Crippen LogP contribution in [0.4, 0.5) is 11.4 Å². The van der Waals surface area contributed by atoms with Gasteiger partial charge in [-0.15, -0.1) is 0 Å². The van der Waals surface area contributed by atoms with Crippen molar-refractivity contribution in [1.29, 1.82) is 0 Å². The molecule has 8 heteroatoms. The minimum absolute atomic E-state index is 0.258. The summed E-state index contributed by atoms with van der Waals surface area (Å²) in [5.74, 6) is 0. The number of sulfonamides is 1. The monoisotopic (exact) mass is 340 g/mol. The lowest BCUT2D eigenvalue weighted by Gasteiger charge is -2.27. The van der Waals surface area contributed by atoms with Gasteiger partial charge in [-0.2, -0.15) is 4.31 Å². The van der Waals surface area contributed by atoms with Crippen LogP contribution in [0.25, 0.3) is 0 Å². The standard InChI is InChI=1S/C15H24N4O3S/c16-14-12-13(23(20,21)19-8-10-22-11-9-19)2-3-15(14)18-6-1-4-17-5-7-18/h2-3,12,17H,1,4-11,16H2. The summed E-state index contributed by atoms with van der Waals surface area (Å²) in [6, 6.07) is 5.07. The van der Waals surface area contributed by atoms with Crippen molar-refractivity contribution in [3.05, 3.63) is 18.2 Å². The number of nitrogens with one attached hydrogen (secondary N) is 1. The number of hydrogen-bond acceptors (Lipinski definition) is 6. The maximum absolute atomic E-state index is 12.7. The quantitative estimate of drug-likeness (QED) is 0.758. The maximum atomic E-state index is 12.7. The fourth-order valence-corrected chi connectivity index (χ4v) is 4.45. The minimum atomic E-state index is -3.50. The molecule has 0 aromatic heterocycles. The lowest BCUT2D eigenvalue weighted by Crippen LogP contribution is -2.40. The highest BCUT2D eigenvalue weighted by Crippen LogP contribution is 2.28. The maximum Gasteiger partial charge on any atom is 0.243 e. The summed E-state index contributed by atoms with van der Waals surface area (Å²) in [6.45, 7) is 5.37. The van der Waals surface area contributed by atoms with Crippen LogP contribution in [-0.2, 0) is 14.8 Å². The van der Waals surface area contributed by atoms with E-state index in [1.807, 2.05) is 6.07 Å². The molecule has 2 aliphatic heterocycles. The zero-order valence-corrected chi connectivity index (χ0v) is 14.0. The van der Waals surface area contributed by atoms with Crippen LogP contribution in [0.2, 0.25) is 0 Å². The third-order valence-electron chi connectivity index (χ3n) is 4.29. The van der Waals surface area contributed by atoms with E-state index in [9.17, 15) is 8.42 Å². The topological polar surface area (TPSA) is 87.9 Å². The number of hydrogen-bond donors (Lipinski definition) is 2. The second-order valence-electron chi connectivity index (χ2n) is 5.83. The normalized spacial score (nSPS) is 21.1. The van der Waals surface area contributed by atoms with Gasteiger partial charge in [-0.25, -0.2) is 8.42 Å². The SMILES string of the molecule is Nc1cc(S(=O)(=O)N2CCOCC2)ccc1N1CCCNCC1. The van der Waals surface area contributed by atoms with Gasteiger partial charge in [0.25, 0.3) is 0 Å². The molecule has 0 amide bonds. The molecule has 1 aromatic rings. The van der Waals surface area contributed by atoms with Crippen LogP contribution in [-0.4, -0.2) is 65.2 Å². The zero-order chi connectivity index (χ0) is 16.3. The number of nitrogen functional groups attached to an aromatic ring is 1. The molecule has 2 heterocycles.